The van der Waals surface area contributed by atoms with Gasteiger partial charge in [0.2, 0.25) is 0 Å². The minimum absolute atomic E-state index is 0.000480. The van der Waals surface area contributed by atoms with Crippen molar-refractivity contribution in [3.05, 3.63) is 63.7 Å². The average Bonchev–Trinajstić information content (AvgIpc) is 2.69. The number of benzene rings is 2. The predicted octanol–water partition coefficient (Wildman–Crippen LogP) is 3.08. The van der Waals surface area contributed by atoms with Crippen LogP contribution in [0.2, 0.25) is 0 Å². The minimum atomic E-state index is -4.82. The van der Waals surface area contributed by atoms with Gasteiger partial charge in [-0.1, -0.05) is 12.1 Å². The van der Waals surface area contributed by atoms with Gasteiger partial charge in [0.1, 0.15) is 5.75 Å². The third-order valence-corrected chi connectivity index (χ3v) is 4.10. The fraction of sp³-hybridized carbons (Fsp3) is 0.316. The number of carbonyl (C=O) groups excluding carboxylic acids is 1. The van der Waals surface area contributed by atoms with Gasteiger partial charge in [0, 0.05) is 30.7 Å². The van der Waals surface area contributed by atoms with Crippen molar-refractivity contribution in [3.8, 4) is 11.5 Å². The number of aliphatic hydroxyl groups excluding tert-OH is 1. The number of methoxy groups -OCH3 is 1. The molecule has 0 heterocycles. The topological polar surface area (TPSA) is 111 Å². The quantitative estimate of drug-likeness (QED) is 0.469. The molecule has 0 aromatic heterocycles. The highest BCUT2D eigenvalue weighted by atomic mass is 19.4. The maximum atomic E-state index is 12.3. The predicted molar refractivity (Wildman–Crippen MR) is 99.4 cm³/mol. The molecule has 2 N–H and O–H groups in total. The number of nitrogens with zero attached hydrogens (tertiary/aromatic N) is 1. The smallest absolute Gasteiger partial charge is 0.490 e. The number of nitro groups is 1. The Balaban J connectivity index is 2.02. The third-order valence-electron chi connectivity index (χ3n) is 4.10. The number of hydrogen-bond donors (Lipinski definition) is 2. The van der Waals surface area contributed by atoms with E-state index in [0.717, 1.165) is 12.1 Å². The number of carbonyl (C=O) groups is 1. The Morgan fingerprint density at radius 1 is 1.27 bits per heavy atom. The van der Waals surface area contributed by atoms with Crippen molar-refractivity contribution in [2.75, 3.05) is 20.3 Å². The van der Waals surface area contributed by atoms with Crippen LogP contribution >= 0.6 is 0 Å². The lowest BCUT2D eigenvalue weighted by Crippen LogP contribution is -2.31. The van der Waals surface area contributed by atoms with Gasteiger partial charge in [-0.15, -0.1) is 13.2 Å². The van der Waals surface area contributed by atoms with Crippen LogP contribution in [0.25, 0.3) is 0 Å². The summed E-state index contributed by atoms with van der Waals surface area (Å²) in [6, 6.07) is 9.03. The Kier molecular flexibility index (Phi) is 7.59. The highest BCUT2D eigenvalue weighted by Gasteiger charge is 2.31. The maximum absolute atomic E-state index is 12.3. The Hall–Kier alpha value is -3.34. The summed E-state index contributed by atoms with van der Waals surface area (Å²) < 4.78 is 45.8. The molecule has 1 atom stereocenters. The maximum Gasteiger partial charge on any atom is 0.573 e. The van der Waals surface area contributed by atoms with Gasteiger partial charge < -0.3 is 19.9 Å². The lowest BCUT2D eigenvalue weighted by Gasteiger charge is -2.16. The van der Waals surface area contributed by atoms with Gasteiger partial charge in [-0.2, -0.15) is 0 Å². The monoisotopic (exact) mass is 428 g/mol. The Labute approximate surface area is 169 Å². The van der Waals surface area contributed by atoms with Crippen LogP contribution in [-0.2, 0) is 6.42 Å². The second-order valence-electron chi connectivity index (χ2n) is 6.30. The van der Waals surface area contributed by atoms with Crippen molar-refractivity contribution in [1.82, 2.24) is 5.32 Å². The lowest BCUT2D eigenvalue weighted by molar-refractivity contribution is -0.385. The first-order chi connectivity index (χ1) is 14.1. The van der Waals surface area contributed by atoms with Crippen molar-refractivity contribution in [1.29, 1.82) is 0 Å². The molecule has 0 unspecified atom stereocenters. The molecule has 0 aliphatic rings. The highest BCUT2D eigenvalue weighted by Crippen LogP contribution is 2.27. The number of nitrogens with one attached hydrogen (secondary N) is 1. The zero-order valence-corrected chi connectivity index (χ0v) is 15.8. The van der Waals surface area contributed by atoms with E-state index in [-0.39, 0.29) is 42.3 Å². The number of hydrogen-bond acceptors (Lipinski definition) is 6. The van der Waals surface area contributed by atoms with E-state index >= 15 is 0 Å². The van der Waals surface area contributed by atoms with Crippen molar-refractivity contribution < 1.29 is 37.5 Å². The summed E-state index contributed by atoms with van der Waals surface area (Å²) in [4.78, 5) is 22.7. The normalized spacial score (nSPS) is 12.2. The molecule has 0 aliphatic heterocycles. The molecule has 0 saturated heterocycles. The van der Waals surface area contributed by atoms with Crippen molar-refractivity contribution in [2.24, 2.45) is 5.92 Å². The summed E-state index contributed by atoms with van der Waals surface area (Å²) in [6.07, 6.45) is -4.64. The number of amides is 1. The number of halogens is 3. The zero-order valence-electron chi connectivity index (χ0n) is 15.8. The molecule has 0 radical (unpaired) electrons. The molecular formula is C19H19F3N2O6. The van der Waals surface area contributed by atoms with Gasteiger partial charge in [0.05, 0.1) is 12.0 Å². The van der Waals surface area contributed by atoms with Gasteiger partial charge in [0.25, 0.3) is 5.91 Å². The molecule has 0 fully saturated rings. The Bertz CT molecular complexity index is 904. The number of nitro benzene ring substituents is 1. The van der Waals surface area contributed by atoms with Crippen molar-refractivity contribution >= 4 is 11.6 Å². The van der Waals surface area contributed by atoms with Gasteiger partial charge >= 0.3 is 12.0 Å². The molecule has 0 aliphatic carbocycles. The summed E-state index contributed by atoms with van der Waals surface area (Å²) in [7, 11) is 1.27. The molecule has 0 bridgehead atoms. The highest BCUT2D eigenvalue weighted by molar-refractivity contribution is 5.95. The molecule has 0 saturated carbocycles. The molecule has 0 spiro atoms. The zero-order chi connectivity index (χ0) is 22.3. The van der Waals surface area contributed by atoms with Crippen LogP contribution in [0.5, 0.6) is 11.5 Å². The van der Waals surface area contributed by atoms with E-state index in [0.29, 0.717) is 5.56 Å². The number of rotatable bonds is 9. The summed E-state index contributed by atoms with van der Waals surface area (Å²) in [6.45, 7) is -0.340. The Morgan fingerprint density at radius 3 is 2.60 bits per heavy atom. The lowest BCUT2D eigenvalue weighted by atomic mass is 9.99. The SMILES string of the molecule is COc1ccc(C(=O)NC[C@@H](CO)Cc2cccc(OC(F)(F)F)c2)cc1[N+](=O)[O-]. The van der Waals surface area contributed by atoms with Crippen LogP contribution in [0.15, 0.2) is 42.5 Å². The largest absolute Gasteiger partial charge is 0.573 e. The van der Waals surface area contributed by atoms with Crippen molar-refractivity contribution in [2.45, 2.75) is 12.8 Å². The fourth-order valence-corrected chi connectivity index (χ4v) is 2.72. The van der Waals surface area contributed by atoms with Crippen molar-refractivity contribution in [3.63, 3.8) is 0 Å². The van der Waals surface area contributed by atoms with E-state index in [1.54, 1.807) is 6.07 Å². The van der Waals surface area contributed by atoms with Gasteiger partial charge in [0.15, 0.2) is 5.75 Å². The van der Waals surface area contributed by atoms with E-state index < -0.39 is 23.1 Å². The standard InChI is InChI=1S/C19H19F3N2O6/c1-29-17-6-5-14(9-16(17)24(27)28)18(26)23-10-13(11-25)7-12-3-2-4-15(8-12)30-19(20,21)22/h2-6,8-9,13,25H,7,10-11H2,1H3,(H,23,26)/t13-/m0/s1. The minimum Gasteiger partial charge on any atom is -0.490 e. The van der Waals surface area contributed by atoms with Crippen LogP contribution in [0, 0.1) is 16.0 Å². The number of aliphatic hydroxyl groups is 1. The molecule has 11 heteroatoms. The van der Waals surface area contributed by atoms with E-state index in [1.807, 2.05) is 0 Å². The van der Waals surface area contributed by atoms with E-state index in [1.165, 1.54) is 31.4 Å². The first kappa shape index (κ1) is 22.9. The van der Waals surface area contributed by atoms with Gasteiger partial charge in [-0.3, -0.25) is 14.9 Å². The van der Waals surface area contributed by atoms with Crippen LogP contribution < -0.4 is 14.8 Å². The fourth-order valence-electron chi connectivity index (χ4n) is 2.72. The first-order valence-electron chi connectivity index (χ1n) is 8.69. The molecule has 8 nitrogen and oxygen atoms in total. The summed E-state index contributed by atoms with van der Waals surface area (Å²) in [5.41, 5.74) is 0.134. The molecule has 2 aromatic rings. The molecule has 162 valence electrons. The molecule has 2 aromatic carbocycles. The summed E-state index contributed by atoms with van der Waals surface area (Å²) in [5.74, 6) is -1.48. The average molecular weight is 428 g/mol. The number of alkyl halides is 3. The Morgan fingerprint density at radius 2 is 2.00 bits per heavy atom. The van der Waals surface area contributed by atoms with Crippen LogP contribution in [0.1, 0.15) is 15.9 Å². The molecule has 1 amide bonds. The number of ether oxygens (including phenoxy) is 2. The second-order valence-corrected chi connectivity index (χ2v) is 6.30. The van der Waals surface area contributed by atoms with Crippen LogP contribution in [0.4, 0.5) is 18.9 Å². The van der Waals surface area contributed by atoms with E-state index in [2.05, 4.69) is 10.1 Å². The van der Waals surface area contributed by atoms with Crippen LogP contribution in [0.3, 0.4) is 0 Å². The molecular weight excluding hydrogens is 409 g/mol. The van der Waals surface area contributed by atoms with Gasteiger partial charge in [-0.25, -0.2) is 0 Å². The van der Waals surface area contributed by atoms with E-state index in [4.69, 9.17) is 4.74 Å². The summed E-state index contributed by atoms with van der Waals surface area (Å²) >= 11 is 0. The molecule has 2 rings (SSSR count). The van der Waals surface area contributed by atoms with Gasteiger partial charge in [-0.05, 0) is 36.2 Å². The molecule has 30 heavy (non-hydrogen) atoms. The summed E-state index contributed by atoms with van der Waals surface area (Å²) in [5, 5.41) is 23.2. The third kappa shape index (κ3) is 6.62. The van der Waals surface area contributed by atoms with Crippen LogP contribution in [-0.4, -0.2) is 42.6 Å². The first-order valence-corrected chi connectivity index (χ1v) is 8.69. The van der Waals surface area contributed by atoms with E-state index in [9.17, 15) is 33.2 Å². The second kappa shape index (κ2) is 9.92.